The van der Waals surface area contributed by atoms with Gasteiger partial charge in [-0.1, -0.05) is 12.1 Å². The van der Waals surface area contributed by atoms with Gasteiger partial charge in [0.15, 0.2) is 11.5 Å². The Balaban J connectivity index is 2.35. The van der Waals surface area contributed by atoms with Crippen LogP contribution >= 0.6 is 0 Å². The van der Waals surface area contributed by atoms with E-state index in [4.69, 9.17) is 9.47 Å². The number of rotatable bonds is 8. The molecule has 0 heterocycles. The van der Waals surface area contributed by atoms with Crippen LogP contribution in [0.15, 0.2) is 24.3 Å². The van der Waals surface area contributed by atoms with Crippen molar-refractivity contribution in [2.45, 2.75) is 6.42 Å². The smallest absolute Gasteiger partial charge is 0.223 e. The molecule has 1 rings (SSSR count). The molecule has 1 amide bonds. The van der Waals surface area contributed by atoms with Gasteiger partial charge in [0.2, 0.25) is 5.91 Å². The molecule has 0 bridgehead atoms. The van der Waals surface area contributed by atoms with E-state index < -0.39 is 0 Å². The minimum absolute atomic E-state index is 0.109. The summed E-state index contributed by atoms with van der Waals surface area (Å²) in [6, 6.07) is 7.47. The molecule has 0 unspecified atom stereocenters. The number of para-hydroxylation sites is 2. The average molecular weight is 266 g/mol. The standard InChI is InChI=1S/C14H22N2O3/c1-15-9-8-14(17)16(2)10-11-19-13-7-5-4-6-12(13)18-3/h4-7,15H,8-11H2,1-3H3. The second-order valence-corrected chi connectivity index (χ2v) is 4.17. The highest BCUT2D eigenvalue weighted by Crippen LogP contribution is 2.25. The number of hydrogen-bond acceptors (Lipinski definition) is 4. The van der Waals surface area contributed by atoms with Crippen LogP contribution in [-0.4, -0.2) is 51.7 Å². The number of ether oxygens (including phenoxy) is 2. The van der Waals surface area contributed by atoms with Crippen LogP contribution in [0.3, 0.4) is 0 Å². The Morgan fingerprint density at radius 1 is 1.32 bits per heavy atom. The Morgan fingerprint density at radius 3 is 2.63 bits per heavy atom. The predicted molar refractivity (Wildman–Crippen MR) is 74.7 cm³/mol. The number of hydrogen-bond donors (Lipinski definition) is 1. The molecule has 0 saturated carbocycles. The van der Waals surface area contributed by atoms with Crippen LogP contribution in [0.2, 0.25) is 0 Å². The Bertz CT molecular complexity index is 396. The van der Waals surface area contributed by atoms with E-state index in [1.165, 1.54) is 0 Å². The van der Waals surface area contributed by atoms with Crippen LogP contribution in [0.1, 0.15) is 6.42 Å². The summed E-state index contributed by atoms with van der Waals surface area (Å²) < 4.78 is 10.8. The van der Waals surface area contributed by atoms with Gasteiger partial charge in [-0.25, -0.2) is 0 Å². The molecule has 1 aromatic rings. The first-order chi connectivity index (χ1) is 9.19. The minimum atomic E-state index is 0.109. The lowest BCUT2D eigenvalue weighted by Crippen LogP contribution is -2.32. The third kappa shape index (κ3) is 5.18. The van der Waals surface area contributed by atoms with Crippen molar-refractivity contribution in [1.82, 2.24) is 10.2 Å². The fourth-order valence-electron chi connectivity index (χ4n) is 1.58. The maximum atomic E-state index is 11.7. The summed E-state index contributed by atoms with van der Waals surface area (Å²) in [5.74, 6) is 1.51. The molecule has 0 aliphatic heterocycles. The first-order valence-corrected chi connectivity index (χ1v) is 6.33. The van der Waals surface area contributed by atoms with Crippen LogP contribution in [0.5, 0.6) is 11.5 Å². The van der Waals surface area contributed by atoms with Gasteiger partial charge in [-0.2, -0.15) is 0 Å². The summed E-state index contributed by atoms with van der Waals surface area (Å²) in [6.45, 7) is 1.69. The normalized spacial score (nSPS) is 10.1. The molecule has 19 heavy (non-hydrogen) atoms. The molecule has 5 nitrogen and oxygen atoms in total. The number of benzene rings is 1. The number of likely N-dealkylation sites (N-methyl/N-ethyl adjacent to an activating group) is 1. The zero-order valence-electron chi connectivity index (χ0n) is 11.8. The highest BCUT2D eigenvalue weighted by Gasteiger charge is 2.08. The summed E-state index contributed by atoms with van der Waals surface area (Å²) in [5, 5.41) is 2.96. The molecule has 0 fully saturated rings. The number of nitrogens with one attached hydrogen (secondary N) is 1. The first kappa shape index (κ1) is 15.3. The van der Waals surface area contributed by atoms with E-state index in [2.05, 4.69) is 5.32 Å². The van der Waals surface area contributed by atoms with E-state index in [-0.39, 0.29) is 5.91 Å². The maximum Gasteiger partial charge on any atom is 0.223 e. The van der Waals surface area contributed by atoms with Gasteiger partial charge in [0, 0.05) is 20.0 Å². The van der Waals surface area contributed by atoms with E-state index in [1.54, 1.807) is 19.1 Å². The highest BCUT2D eigenvalue weighted by atomic mass is 16.5. The first-order valence-electron chi connectivity index (χ1n) is 6.33. The van der Waals surface area contributed by atoms with Crippen LogP contribution in [-0.2, 0) is 4.79 Å². The van der Waals surface area contributed by atoms with Crippen molar-refractivity contribution in [3.63, 3.8) is 0 Å². The number of carbonyl (C=O) groups excluding carboxylic acids is 1. The van der Waals surface area contributed by atoms with Gasteiger partial charge in [0.05, 0.1) is 13.7 Å². The lowest BCUT2D eigenvalue weighted by atomic mass is 10.3. The molecule has 0 spiro atoms. The van der Waals surface area contributed by atoms with E-state index >= 15 is 0 Å². The Labute approximate surface area is 114 Å². The van der Waals surface area contributed by atoms with Crippen molar-refractivity contribution in [3.05, 3.63) is 24.3 Å². The van der Waals surface area contributed by atoms with Crippen LogP contribution < -0.4 is 14.8 Å². The predicted octanol–water partition coefficient (Wildman–Crippen LogP) is 1.14. The molecule has 0 aromatic heterocycles. The van der Waals surface area contributed by atoms with Crippen molar-refractivity contribution in [3.8, 4) is 11.5 Å². The van der Waals surface area contributed by atoms with Gasteiger partial charge in [-0.15, -0.1) is 0 Å². The summed E-state index contributed by atoms with van der Waals surface area (Å²) in [7, 11) is 5.22. The lowest BCUT2D eigenvalue weighted by Gasteiger charge is -2.18. The third-order valence-electron chi connectivity index (χ3n) is 2.77. The molecular formula is C14H22N2O3. The molecule has 1 aromatic carbocycles. The maximum absolute atomic E-state index is 11.7. The molecule has 0 aliphatic carbocycles. The molecule has 5 heteroatoms. The SMILES string of the molecule is CNCCC(=O)N(C)CCOc1ccccc1OC. The zero-order chi connectivity index (χ0) is 14.1. The van der Waals surface area contributed by atoms with E-state index in [1.807, 2.05) is 31.3 Å². The van der Waals surface area contributed by atoms with Gasteiger partial charge in [-0.3, -0.25) is 4.79 Å². The number of amides is 1. The summed E-state index contributed by atoms with van der Waals surface area (Å²) in [5.41, 5.74) is 0. The Hall–Kier alpha value is -1.75. The monoisotopic (exact) mass is 266 g/mol. The van der Waals surface area contributed by atoms with Crippen LogP contribution in [0.25, 0.3) is 0 Å². The van der Waals surface area contributed by atoms with Crippen molar-refractivity contribution in [2.75, 3.05) is 40.9 Å². The summed E-state index contributed by atoms with van der Waals surface area (Å²) in [6.07, 6.45) is 0.502. The van der Waals surface area contributed by atoms with Gasteiger partial charge >= 0.3 is 0 Å². The van der Waals surface area contributed by atoms with Gasteiger partial charge < -0.3 is 19.7 Å². The molecule has 106 valence electrons. The molecular weight excluding hydrogens is 244 g/mol. The fourth-order valence-corrected chi connectivity index (χ4v) is 1.58. The van der Waals surface area contributed by atoms with E-state index in [9.17, 15) is 4.79 Å². The Kier molecular flexibility index (Phi) is 6.74. The largest absolute Gasteiger partial charge is 0.493 e. The molecule has 1 N–H and O–H groups in total. The highest BCUT2D eigenvalue weighted by molar-refractivity contribution is 5.76. The van der Waals surface area contributed by atoms with Gasteiger partial charge in [0.1, 0.15) is 6.61 Å². The van der Waals surface area contributed by atoms with Crippen molar-refractivity contribution >= 4 is 5.91 Å². The topological polar surface area (TPSA) is 50.8 Å². The minimum Gasteiger partial charge on any atom is -0.493 e. The number of carbonyl (C=O) groups is 1. The Morgan fingerprint density at radius 2 is 2.00 bits per heavy atom. The van der Waals surface area contributed by atoms with Gasteiger partial charge in [0.25, 0.3) is 0 Å². The van der Waals surface area contributed by atoms with Gasteiger partial charge in [-0.05, 0) is 19.2 Å². The average Bonchev–Trinajstić information content (AvgIpc) is 2.45. The second-order valence-electron chi connectivity index (χ2n) is 4.17. The number of methoxy groups -OCH3 is 1. The van der Waals surface area contributed by atoms with Crippen molar-refractivity contribution in [2.24, 2.45) is 0 Å². The molecule has 0 radical (unpaired) electrons. The van der Waals surface area contributed by atoms with E-state index in [0.29, 0.717) is 37.6 Å². The van der Waals surface area contributed by atoms with Crippen LogP contribution in [0.4, 0.5) is 0 Å². The quantitative estimate of drug-likeness (QED) is 0.766. The van der Waals surface area contributed by atoms with E-state index in [0.717, 1.165) is 0 Å². The van der Waals surface area contributed by atoms with Crippen molar-refractivity contribution in [1.29, 1.82) is 0 Å². The number of nitrogens with zero attached hydrogens (tertiary/aromatic N) is 1. The van der Waals surface area contributed by atoms with Crippen LogP contribution in [0, 0.1) is 0 Å². The molecule has 0 aliphatic rings. The zero-order valence-corrected chi connectivity index (χ0v) is 11.8. The second kappa shape index (κ2) is 8.37. The van der Waals surface area contributed by atoms with Crippen molar-refractivity contribution < 1.29 is 14.3 Å². The molecule has 0 atom stereocenters. The summed E-state index contributed by atoms with van der Waals surface area (Å²) >= 11 is 0. The molecule has 0 saturated heterocycles. The third-order valence-corrected chi connectivity index (χ3v) is 2.77. The fraction of sp³-hybridized carbons (Fsp3) is 0.500. The lowest BCUT2D eigenvalue weighted by molar-refractivity contribution is -0.130. The summed E-state index contributed by atoms with van der Waals surface area (Å²) in [4.78, 5) is 13.3.